The number of hydrogen-bond donors (Lipinski definition) is 1. The first-order valence-electron chi connectivity index (χ1n) is 6.35. The zero-order valence-electron chi connectivity index (χ0n) is 11.3. The summed E-state index contributed by atoms with van der Waals surface area (Å²) in [5, 5.41) is 7.07. The molecule has 2 atom stereocenters. The number of aryl methyl sites for hydroxylation is 1. The Kier molecular flexibility index (Phi) is 3.01. The number of benzene rings is 1. The van der Waals surface area contributed by atoms with E-state index < -0.39 is 29.5 Å². The van der Waals surface area contributed by atoms with Gasteiger partial charge in [0.05, 0.1) is 17.3 Å². The Hall–Kier alpha value is -2.39. The van der Waals surface area contributed by atoms with Gasteiger partial charge in [-0.25, -0.2) is 9.18 Å². The van der Waals surface area contributed by atoms with Crippen LogP contribution >= 0.6 is 0 Å². The normalized spacial score (nSPS) is 21.1. The van der Waals surface area contributed by atoms with Gasteiger partial charge in [-0.1, -0.05) is 0 Å². The molecule has 1 fully saturated rings. The van der Waals surface area contributed by atoms with Gasteiger partial charge in [-0.2, -0.15) is 22.5 Å². The van der Waals surface area contributed by atoms with Crippen molar-refractivity contribution in [2.45, 2.75) is 18.5 Å². The number of rotatable bonds is 2. The lowest BCUT2D eigenvalue weighted by molar-refractivity contribution is -0.148. The Labute approximate surface area is 121 Å². The molecule has 118 valence electrons. The Morgan fingerprint density at radius 2 is 2.00 bits per heavy atom. The first kappa shape index (κ1) is 14.5. The number of halogens is 4. The molecule has 6 nitrogen and oxygen atoms in total. The van der Waals surface area contributed by atoms with E-state index >= 15 is 0 Å². The molecule has 1 aliphatic carbocycles. The maximum Gasteiger partial charge on any atom is 0.392 e. The molecule has 3 rings (SSSR count). The van der Waals surface area contributed by atoms with Gasteiger partial charge in [-0.3, -0.25) is 0 Å². The fraction of sp³-hybridized carbons (Fsp3) is 0.417. The fourth-order valence-corrected chi connectivity index (χ4v) is 2.44. The molecule has 0 amide bonds. The van der Waals surface area contributed by atoms with Crippen LogP contribution in [0.5, 0.6) is 0 Å². The van der Waals surface area contributed by atoms with Crippen molar-refractivity contribution < 1.29 is 17.6 Å². The first-order valence-corrected chi connectivity index (χ1v) is 6.35. The molecule has 10 heteroatoms. The minimum absolute atomic E-state index is 0.0220. The fourth-order valence-electron chi connectivity index (χ4n) is 2.44. The van der Waals surface area contributed by atoms with Crippen molar-refractivity contribution in [2.75, 3.05) is 5.73 Å². The zero-order chi connectivity index (χ0) is 16.2. The van der Waals surface area contributed by atoms with Crippen LogP contribution < -0.4 is 11.4 Å². The van der Waals surface area contributed by atoms with Crippen LogP contribution in [-0.4, -0.2) is 26.0 Å². The summed E-state index contributed by atoms with van der Waals surface area (Å²) in [6.45, 7) is 0. The SMILES string of the molecule is Cn1nnn(-c2cc(N)c(F)cc2[C@@H]2C[C@H]2C(F)(F)F)c1=O. The summed E-state index contributed by atoms with van der Waals surface area (Å²) in [6.07, 6.45) is -4.53. The standard InChI is InChI=1S/C12H11F4N5O/c1-20-11(22)21(19-18-20)10-4-9(17)8(13)3-6(10)5-2-7(5)12(14,15)16/h3-5,7H,2,17H2,1H3/t5-,7+/m0/s1. The lowest BCUT2D eigenvalue weighted by Gasteiger charge is -2.11. The molecule has 1 heterocycles. The number of hydrogen-bond acceptors (Lipinski definition) is 4. The maximum absolute atomic E-state index is 13.7. The molecular formula is C12H11F4N5O. The van der Waals surface area contributed by atoms with E-state index in [-0.39, 0.29) is 23.4 Å². The Bertz CT molecular complexity index is 794. The van der Waals surface area contributed by atoms with Gasteiger partial charge in [0.2, 0.25) is 0 Å². The Morgan fingerprint density at radius 1 is 1.32 bits per heavy atom. The van der Waals surface area contributed by atoms with E-state index in [9.17, 15) is 22.4 Å². The average molecular weight is 317 g/mol. The van der Waals surface area contributed by atoms with Gasteiger partial charge in [0, 0.05) is 7.05 Å². The van der Waals surface area contributed by atoms with Crippen LogP contribution in [-0.2, 0) is 7.05 Å². The number of nitrogens with zero attached hydrogens (tertiary/aromatic N) is 4. The van der Waals surface area contributed by atoms with Crippen molar-refractivity contribution in [1.82, 2.24) is 19.8 Å². The van der Waals surface area contributed by atoms with Crippen molar-refractivity contribution in [3.05, 3.63) is 34.0 Å². The van der Waals surface area contributed by atoms with Crippen LogP contribution in [0.4, 0.5) is 23.2 Å². The van der Waals surface area contributed by atoms with Gasteiger partial charge in [0.25, 0.3) is 0 Å². The van der Waals surface area contributed by atoms with E-state index in [0.717, 1.165) is 21.5 Å². The van der Waals surface area contributed by atoms with Gasteiger partial charge >= 0.3 is 11.9 Å². The quantitative estimate of drug-likeness (QED) is 0.670. The number of nitrogens with two attached hydrogens (primary N) is 1. The summed E-state index contributed by atoms with van der Waals surface area (Å²) < 4.78 is 53.7. The van der Waals surface area contributed by atoms with Crippen molar-refractivity contribution >= 4 is 5.69 Å². The third-order valence-electron chi connectivity index (χ3n) is 3.71. The molecule has 0 aliphatic heterocycles. The zero-order valence-corrected chi connectivity index (χ0v) is 11.3. The number of tetrazole rings is 1. The summed E-state index contributed by atoms with van der Waals surface area (Å²) in [7, 11) is 1.34. The van der Waals surface area contributed by atoms with Gasteiger partial charge in [0.15, 0.2) is 0 Å². The van der Waals surface area contributed by atoms with Crippen LogP contribution in [0.15, 0.2) is 16.9 Å². The van der Waals surface area contributed by atoms with Gasteiger partial charge in [-0.05, 0) is 40.5 Å². The van der Waals surface area contributed by atoms with Crippen molar-refractivity contribution in [3.8, 4) is 5.69 Å². The van der Waals surface area contributed by atoms with Gasteiger partial charge in [-0.15, -0.1) is 0 Å². The second-order valence-electron chi connectivity index (χ2n) is 5.22. The topological polar surface area (TPSA) is 78.7 Å². The molecular weight excluding hydrogens is 306 g/mol. The highest BCUT2D eigenvalue weighted by atomic mass is 19.4. The monoisotopic (exact) mass is 317 g/mol. The number of nitrogen functional groups attached to an aromatic ring is 1. The predicted molar refractivity (Wildman–Crippen MR) is 67.9 cm³/mol. The minimum atomic E-state index is -4.37. The molecule has 1 saturated carbocycles. The highest BCUT2D eigenvalue weighted by molar-refractivity contribution is 5.55. The van der Waals surface area contributed by atoms with Crippen LogP contribution in [0.1, 0.15) is 17.9 Å². The molecule has 2 N–H and O–H groups in total. The highest BCUT2D eigenvalue weighted by Crippen LogP contribution is 2.57. The molecule has 1 aromatic heterocycles. The van der Waals surface area contributed by atoms with E-state index in [1.807, 2.05) is 0 Å². The number of anilines is 1. The van der Waals surface area contributed by atoms with E-state index in [4.69, 9.17) is 5.73 Å². The molecule has 2 aromatic rings. The molecule has 22 heavy (non-hydrogen) atoms. The summed E-state index contributed by atoms with van der Waals surface area (Å²) in [5.74, 6) is -3.30. The van der Waals surface area contributed by atoms with E-state index in [1.165, 1.54) is 7.05 Å². The molecule has 0 unspecified atom stereocenters. The molecule has 1 aliphatic rings. The Balaban J connectivity index is 2.13. The molecule has 1 aromatic carbocycles. The molecule has 0 saturated heterocycles. The van der Waals surface area contributed by atoms with Crippen LogP contribution in [0, 0.1) is 11.7 Å². The van der Waals surface area contributed by atoms with E-state index in [0.29, 0.717) is 0 Å². The van der Waals surface area contributed by atoms with Crippen LogP contribution in [0.25, 0.3) is 5.69 Å². The molecule has 0 spiro atoms. The van der Waals surface area contributed by atoms with Crippen molar-refractivity contribution in [1.29, 1.82) is 0 Å². The average Bonchev–Trinajstić information content (AvgIpc) is 3.16. The molecule has 0 radical (unpaired) electrons. The summed E-state index contributed by atoms with van der Waals surface area (Å²) in [6, 6.07) is 2.04. The lowest BCUT2D eigenvalue weighted by Crippen LogP contribution is -2.23. The summed E-state index contributed by atoms with van der Waals surface area (Å²) in [4.78, 5) is 11.9. The smallest absolute Gasteiger partial charge is 0.392 e. The second kappa shape index (κ2) is 4.55. The molecule has 0 bridgehead atoms. The third kappa shape index (κ3) is 2.24. The largest absolute Gasteiger partial charge is 0.396 e. The number of aromatic nitrogens is 4. The van der Waals surface area contributed by atoms with Gasteiger partial charge in [0.1, 0.15) is 5.82 Å². The first-order chi connectivity index (χ1) is 10.2. The van der Waals surface area contributed by atoms with Gasteiger partial charge < -0.3 is 5.73 Å². The van der Waals surface area contributed by atoms with Crippen molar-refractivity contribution in [3.63, 3.8) is 0 Å². The van der Waals surface area contributed by atoms with Crippen LogP contribution in [0.3, 0.4) is 0 Å². The second-order valence-corrected chi connectivity index (χ2v) is 5.22. The lowest BCUT2D eigenvalue weighted by atomic mass is 10.1. The van der Waals surface area contributed by atoms with E-state index in [1.54, 1.807) is 0 Å². The maximum atomic E-state index is 13.7. The predicted octanol–water partition coefficient (Wildman–Crippen LogP) is 1.35. The highest BCUT2D eigenvalue weighted by Gasteiger charge is 2.57. The Morgan fingerprint density at radius 3 is 2.50 bits per heavy atom. The van der Waals surface area contributed by atoms with Crippen LogP contribution in [0.2, 0.25) is 0 Å². The minimum Gasteiger partial charge on any atom is -0.396 e. The van der Waals surface area contributed by atoms with E-state index in [2.05, 4.69) is 10.4 Å². The summed E-state index contributed by atoms with van der Waals surface area (Å²) >= 11 is 0. The van der Waals surface area contributed by atoms with Crippen molar-refractivity contribution in [2.24, 2.45) is 13.0 Å². The summed E-state index contributed by atoms with van der Waals surface area (Å²) in [5.41, 5.74) is 4.60. The number of alkyl halides is 3. The third-order valence-corrected chi connectivity index (χ3v) is 3.71.